The van der Waals surface area contributed by atoms with Crippen LogP contribution in [0.2, 0.25) is 0 Å². The van der Waals surface area contributed by atoms with Gasteiger partial charge in [0, 0.05) is 0 Å². The smallest absolute Gasteiger partial charge is 0.0602 e. The summed E-state index contributed by atoms with van der Waals surface area (Å²) in [5.74, 6) is 1.35. The first-order valence-electron chi connectivity index (χ1n) is 4.39. The molecule has 1 N–H and O–H groups in total. The molecule has 0 unspecified atom stereocenters. The Morgan fingerprint density at radius 2 is 2.27 bits per heavy atom. The molecule has 0 aliphatic heterocycles. The highest BCUT2D eigenvalue weighted by atomic mass is 16.3. The van der Waals surface area contributed by atoms with Gasteiger partial charge in [0.05, 0.1) is 6.10 Å². The molecule has 2 fully saturated rings. The van der Waals surface area contributed by atoms with Crippen LogP contribution in [0.25, 0.3) is 0 Å². The molecule has 62 valence electrons. The van der Waals surface area contributed by atoms with E-state index >= 15 is 0 Å². The fourth-order valence-electron chi connectivity index (χ4n) is 2.62. The van der Waals surface area contributed by atoms with Crippen LogP contribution in [0, 0.1) is 17.3 Å². The van der Waals surface area contributed by atoms with Crippen LogP contribution in [0.3, 0.4) is 0 Å². The van der Waals surface area contributed by atoms with Gasteiger partial charge in [-0.25, -0.2) is 0 Å². The van der Waals surface area contributed by atoms with Crippen LogP contribution in [0.4, 0.5) is 0 Å². The van der Waals surface area contributed by atoms with Crippen molar-refractivity contribution < 1.29 is 5.11 Å². The summed E-state index contributed by atoms with van der Waals surface area (Å²) in [4.78, 5) is 0. The second-order valence-corrected chi connectivity index (χ2v) is 4.52. The lowest BCUT2D eigenvalue weighted by molar-refractivity contribution is 0.111. The molecule has 2 aliphatic carbocycles. The van der Waals surface area contributed by atoms with Crippen molar-refractivity contribution in [3.63, 3.8) is 0 Å². The Balaban J connectivity index is 2.16. The third-order valence-electron chi connectivity index (χ3n) is 3.70. The molecule has 0 saturated heterocycles. The minimum absolute atomic E-state index is 0.0609. The van der Waals surface area contributed by atoms with Crippen LogP contribution in [0.15, 0.2) is 12.2 Å². The Morgan fingerprint density at radius 1 is 1.64 bits per heavy atom. The lowest BCUT2D eigenvalue weighted by atomic mass is 9.96. The molecule has 0 amide bonds. The van der Waals surface area contributed by atoms with Crippen molar-refractivity contribution in [3.8, 4) is 0 Å². The number of fused-ring (bicyclic) bond motifs is 1. The first-order valence-corrected chi connectivity index (χ1v) is 4.39. The Labute approximate surface area is 68.1 Å². The zero-order valence-corrected chi connectivity index (χ0v) is 7.30. The van der Waals surface area contributed by atoms with E-state index in [-0.39, 0.29) is 11.5 Å². The van der Waals surface area contributed by atoms with Crippen molar-refractivity contribution in [2.24, 2.45) is 17.3 Å². The highest BCUT2D eigenvalue weighted by Gasteiger charge is 2.63. The number of aliphatic hydroxyl groups excluding tert-OH is 1. The van der Waals surface area contributed by atoms with Gasteiger partial charge < -0.3 is 5.11 Å². The largest absolute Gasteiger partial charge is 0.393 e. The summed E-state index contributed by atoms with van der Waals surface area (Å²) >= 11 is 0. The quantitative estimate of drug-likeness (QED) is 0.569. The minimum atomic E-state index is -0.0609. The molecule has 0 aromatic rings. The zero-order chi connectivity index (χ0) is 8.22. The van der Waals surface area contributed by atoms with Crippen molar-refractivity contribution in [2.45, 2.75) is 32.8 Å². The molecule has 0 bridgehead atoms. The molecule has 1 nitrogen and oxygen atoms in total. The third kappa shape index (κ3) is 0.807. The molecule has 2 aliphatic rings. The van der Waals surface area contributed by atoms with E-state index in [1.54, 1.807) is 0 Å². The van der Waals surface area contributed by atoms with Crippen LogP contribution < -0.4 is 0 Å². The van der Waals surface area contributed by atoms with Gasteiger partial charge in [-0.3, -0.25) is 0 Å². The second-order valence-electron chi connectivity index (χ2n) is 4.52. The average Bonchev–Trinajstić information content (AvgIpc) is 2.51. The Kier molecular flexibility index (Phi) is 1.26. The molecule has 0 heterocycles. The normalized spacial score (nSPS) is 53.9. The SMILES string of the molecule is C=C(C)[C@H]1C[C@@H](O)[C@@]2(C)C[C@@H]12. The van der Waals surface area contributed by atoms with Gasteiger partial charge in [-0.1, -0.05) is 19.1 Å². The van der Waals surface area contributed by atoms with Gasteiger partial charge in [0.1, 0.15) is 0 Å². The molecular weight excluding hydrogens is 136 g/mol. The van der Waals surface area contributed by atoms with Gasteiger partial charge in [-0.15, -0.1) is 0 Å². The van der Waals surface area contributed by atoms with E-state index in [1.165, 1.54) is 12.0 Å². The Morgan fingerprint density at radius 3 is 2.45 bits per heavy atom. The number of allylic oxidation sites excluding steroid dienone is 1. The van der Waals surface area contributed by atoms with E-state index in [1.807, 2.05) is 0 Å². The van der Waals surface area contributed by atoms with Gasteiger partial charge in [0.25, 0.3) is 0 Å². The highest BCUT2D eigenvalue weighted by Crippen LogP contribution is 2.66. The predicted molar refractivity (Wildman–Crippen MR) is 45.1 cm³/mol. The summed E-state index contributed by atoms with van der Waals surface area (Å²) < 4.78 is 0. The first-order chi connectivity index (χ1) is 5.05. The van der Waals surface area contributed by atoms with E-state index in [2.05, 4.69) is 20.4 Å². The lowest BCUT2D eigenvalue weighted by Crippen LogP contribution is -2.14. The maximum atomic E-state index is 9.68. The number of hydrogen-bond acceptors (Lipinski definition) is 1. The molecule has 1 heteroatoms. The van der Waals surface area contributed by atoms with E-state index in [9.17, 15) is 5.11 Å². The van der Waals surface area contributed by atoms with Crippen molar-refractivity contribution in [2.75, 3.05) is 0 Å². The Hall–Kier alpha value is -0.300. The number of aliphatic hydroxyl groups is 1. The first kappa shape index (κ1) is 7.35. The highest BCUT2D eigenvalue weighted by molar-refractivity contribution is 5.19. The summed E-state index contributed by atoms with van der Waals surface area (Å²) in [5.41, 5.74) is 1.53. The summed E-state index contributed by atoms with van der Waals surface area (Å²) in [7, 11) is 0. The second kappa shape index (κ2) is 1.89. The van der Waals surface area contributed by atoms with Gasteiger partial charge in [-0.05, 0) is 37.0 Å². The van der Waals surface area contributed by atoms with Crippen LogP contribution in [0.1, 0.15) is 26.7 Å². The van der Waals surface area contributed by atoms with Crippen molar-refractivity contribution in [1.29, 1.82) is 0 Å². The van der Waals surface area contributed by atoms with E-state index in [4.69, 9.17) is 0 Å². The molecule has 0 aromatic carbocycles. The van der Waals surface area contributed by atoms with Crippen LogP contribution >= 0.6 is 0 Å². The fourth-order valence-corrected chi connectivity index (χ4v) is 2.62. The van der Waals surface area contributed by atoms with Crippen LogP contribution in [-0.4, -0.2) is 11.2 Å². The molecule has 2 saturated carbocycles. The monoisotopic (exact) mass is 152 g/mol. The van der Waals surface area contributed by atoms with Gasteiger partial charge >= 0.3 is 0 Å². The van der Waals surface area contributed by atoms with E-state index in [0.29, 0.717) is 5.92 Å². The zero-order valence-electron chi connectivity index (χ0n) is 7.30. The number of rotatable bonds is 1. The van der Waals surface area contributed by atoms with Crippen LogP contribution in [0.5, 0.6) is 0 Å². The third-order valence-corrected chi connectivity index (χ3v) is 3.70. The van der Waals surface area contributed by atoms with E-state index in [0.717, 1.165) is 12.3 Å². The van der Waals surface area contributed by atoms with Crippen molar-refractivity contribution in [3.05, 3.63) is 12.2 Å². The average molecular weight is 152 g/mol. The predicted octanol–water partition coefficient (Wildman–Crippen LogP) is 1.97. The molecular formula is C10H16O. The van der Waals surface area contributed by atoms with Gasteiger partial charge in [-0.2, -0.15) is 0 Å². The molecule has 11 heavy (non-hydrogen) atoms. The summed E-state index contributed by atoms with van der Waals surface area (Å²) in [6, 6.07) is 0. The molecule has 4 atom stereocenters. The molecule has 0 spiro atoms. The molecule has 0 aromatic heterocycles. The van der Waals surface area contributed by atoms with E-state index < -0.39 is 0 Å². The standard InChI is InChI=1S/C10H16O/c1-6(2)7-4-9(11)10(3)5-8(7)10/h7-9,11H,1,4-5H2,2-3H3/t7-,8+,9-,10+/m1/s1. The van der Waals surface area contributed by atoms with Crippen LogP contribution in [-0.2, 0) is 0 Å². The summed E-state index contributed by atoms with van der Waals surface area (Å²) in [6.07, 6.45) is 2.11. The maximum absolute atomic E-state index is 9.68. The topological polar surface area (TPSA) is 20.2 Å². The fraction of sp³-hybridized carbons (Fsp3) is 0.800. The van der Waals surface area contributed by atoms with Crippen molar-refractivity contribution in [1.82, 2.24) is 0 Å². The molecule has 2 rings (SSSR count). The summed E-state index contributed by atoms with van der Waals surface area (Å²) in [5, 5.41) is 9.68. The van der Waals surface area contributed by atoms with Gasteiger partial charge in [0.15, 0.2) is 0 Å². The summed E-state index contributed by atoms with van der Waals surface area (Å²) in [6.45, 7) is 8.25. The van der Waals surface area contributed by atoms with Crippen molar-refractivity contribution >= 4 is 0 Å². The number of hydrogen-bond donors (Lipinski definition) is 1. The van der Waals surface area contributed by atoms with Gasteiger partial charge in [0.2, 0.25) is 0 Å². The molecule has 0 radical (unpaired) electrons. The Bertz CT molecular complexity index is 209. The maximum Gasteiger partial charge on any atom is 0.0602 e. The lowest BCUT2D eigenvalue weighted by Gasteiger charge is -2.13. The minimum Gasteiger partial charge on any atom is -0.393 e.